The van der Waals surface area contributed by atoms with Gasteiger partial charge in [0.15, 0.2) is 6.10 Å². The summed E-state index contributed by atoms with van der Waals surface area (Å²) in [5.41, 5.74) is 0.266. The Morgan fingerprint density at radius 1 is 1.21 bits per heavy atom. The number of carbonyl (C=O) groups is 3. The van der Waals surface area contributed by atoms with Crippen LogP contribution in [0.15, 0.2) is 46.9 Å². The number of benzene rings is 2. The molecule has 2 N–H and O–H groups in total. The van der Waals surface area contributed by atoms with Crippen LogP contribution in [0.2, 0.25) is 5.02 Å². The molecule has 9 nitrogen and oxygen atoms in total. The molecule has 0 saturated carbocycles. The second-order valence-corrected chi connectivity index (χ2v) is 7.06. The van der Waals surface area contributed by atoms with Crippen molar-refractivity contribution in [3.63, 3.8) is 0 Å². The molecule has 0 bridgehead atoms. The van der Waals surface area contributed by atoms with E-state index in [0.29, 0.717) is 5.56 Å². The smallest absolute Gasteiger partial charge is 0.326 e. The molecule has 29 heavy (non-hydrogen) atoms. The second kappa shape index (κ2) is 9.99. The summed E-state index contributed by atoms with van der Waals surface area (Å²) >= 11 is 9.16. The summed E-state index contributed by atoms with van der Waals surface area (Å²) in [5, 5.41) is 15.5. The summed E-state index contributed by atoms with van der Waals surface area (Å²) in [5.74, 6) is -1.97. The minimum atomic E-state index is -1.18. The zero-order chi connectivity index (χ0) is 21.6. The standard InChI is InChI=1S/C18H15BrClN3O6/c1-10(17(25)22-15-7-6-13(23(27)28)8-14(15)20)29-16(24)9-21-18(26)11-2-4-12(19)5-3-11/h2-8,10H,9H2,1H3,(H,21,26)(H,22,25). The largest absolute Gasteiger partial charge is 0.451 e. The minimum Gasteiger partial charge on any atom is -0.451 e. The number of non-ortho nitro benzene ring substituents is 1. The molecule has 0 spiro atoms. The zero-order valence-electron chi connectivity index (χ0n) is 15.0. The third-order valence-electron chi connectivity index (χ3n) is 3.60. The lowest BCUT2D eigenvalue weighted by molar-refractivity contribution is -0.384. The summed E-state index contributed by atoms with van der Waals surface area (Å²) < 4.78 is 5.77. The van der Waals surface area contributed by atoms with Crippen LogP contribution >= 0.6 is 27.5 Å². The number of hydrogen-bond donors (Lipinski definition) is 2. The van der Waals surface area contributed by atoms with Crippen molar-refractivity contribution in [3.8, 4) is 0 Å². The lowest BCUT2D eigenvalue weighted by atomic mass is 10.2. The molecule has 0 heterocycles. The Bertz CT molecular complexity index is 951. The molecule has 0 saturated heterocycles. The van der Waals surface area contributed by atoms with Gasteiger partial charge >= 0.3 is 5.97 Å². The van der Waals surface area contributed by atoms with E-state index in [-0.39, 0.29) is 16.4 Å². The lowest BCUT2D eigenvalue weighted by Crippen LogP contribution is -2.35. The van der Waals surface area contributed by atoms with Crippen molar-refractivity contribution < 1.29 is 24.0 Å². The highest BCUT2D eigenvalue weighted by molar-refractivity contribution is 9.10. The van der Waals surface area contributed by atoms with E-state index in [9.17, 15) is 24.5 Å². The molecule has 0 aliphatic heterocycles. The predicted molar refractivity (Wildman–Crippen MR) is 109 cm³/mol. The summed E-state index contributed by atoms with van der Waals surface area (Å²) in [7, 11) is 0. The fourth-order valence-electron chi connectivity index (χ4n) is 2.10. The molecule has 1 atom stereocenters. The molecule has 0 aromatic heterocycles. The van der Waals surface area contributed by atoms with Gasteiger partial charge in [0, 0.05) is 22.2 Å². The van der Waals surface area contributed by atoms with Crippen LogP contribution < -0.4 is 10.6 Å². The first-order valence-corrected chi connectivity index (χ1v) is 9.32. The molecule has 0 radical (unpaired) electrons. The Balaban J connectivity index is 1.85. The SMILES string of the molecule is CC(OC(=O)CNC(=O)c1ccc(Br)cc1)C(=O)Nc1ccc([N+](=O)[O-])cc1Cl. The van der Waals surface area contributed by atoms with Gasteiger partial charge in [0.25, 0.3) is 17.5 Å². The maximum absolute atomic E-state index is 12.1. The van der Waals surface area contributed by atoms with Gasteiger partial charge in [-0.3, -0.25) is 24.5 Å². The van der Waals surface area contributed by atoms with Crippen molar-refractivity contribution in [1.82, 2.24) is 5.32 Å². The average Bonchev–Trinajstić information content (AvgIpc) is 2.67. The lowest BCUT2D eigenvalue weighted by Gasteiger charge is -2.14. The highest BCUT2D eigenvalue weighted by atomic mass is 79.9. The molecule has 0 fully saturated rings. The normalized spacial score (nSPS) is 11.3. The molecular weight excluding hydrogens is 470 g/mol. The van der Waals surface area contributed by atoms with E-state index >= 15 is 0 Å². The molecule has 2 aromatic rings. The Labute approximate surface area is 178 Å². The molecule has 11 heteroatoms. The quantitative estimate of drug-likeness (QED) is 0.352. The maximum Gasteiger partial charge on any atom is 0.326 e. The highest BCUT2D eigenvalue weighted by Gasteiger charge is 2.20. The molecule has 2 rings (SSSR count). The van der Waals surface area contributed by atoms with Gasteiger partial charge < -0.3 is 15.4 Å². The number of nitrogens with one attached hydrogen (secondary N) is 2. The molecule has 1 unspecified atom stereocenters. The van der Waals surface area contributed by atoms with Gasteiger partial charge in [0.1, 0.15) is 6.54 Å². The first-order chi connectivity index (χ1) is 13.7. The minimum absolute atomic E-state index is 0.0344. The summed E-state index contributed by atoms with van der Waals surface area (Å²) in [6, 6.07) is 10.1. The van der Waals surface area contributed by atoms with Crippen LogP contribution in [0.1, 0.15) is 17.3 Å². The Morgan fingerprint density at radius 3 is 2.45 bits per heavy atom. The van der Waals surface area contributed by atoms with Gasteiger partial charge in [0.2, 0.25) is 0 Å². The highest BCUT2D eigenvalue weighted by Crippen LogP contribution is 2.26. The fraction of sp³-hybridized carbons (Fsp3) is 0.167. The van der Waals surface area contributed by atoms with Gasteiger partial charge in [-0.1, -0.05) is 27.5 Å². The van der Waals surface area contributed by atoms with Crippen molar-refractivity contribution in [3.05, 3.63) is 67.6 Å². The van der Waals surface area contributed by atoms with Crippen LogP contribution in [0, 0.1) is 10.1 Å². The van der Waals surface area contributed by atoms with E-state index in [1.54, 1.807) is 24.3 Å². The third-order valence-corrected chi connectivity index (χ3v) is 4.44. The van der Waals surface area contributed by atoms with Crippen molar-refractivity contribution in [2.75, 3.05) is 11.9 Å². The van der Waals surface area contributed by atoms with Crippen LogP contribution in [-0.2, 0) is 14.3 Å². The van der Waals surface area contributed by atoms with Crippen LogP contribution in [0.4, 0.5) is 11.4 Å². The maximum atomic E-state index is 12.1. The van der Waals surface area contributed by atoms with Gasteiger partial charge in [-0.15, -0.1) is 0 Å². The Hall–Kier alpha value is -2.98. The molecule has 152 valence electrons. The predicted octanol–water partition coefficient (Wildman–Crippen LogP) is 3.31. The van der Waals surface area contributed by atoms with Gasteiger partial charge in [0.05, 0.1) is 15.6 Å². The number of hydrogen-bond acceptors (Lipinski definition) is 6. The van der Waals surface area contributed by atoms with Gasteiger partial charge in [-0.25, -0.2) is 0 Å². The number of nitrogens with zero attached hydrogens (tertiary/aromatic N) is 1. The van der Waals surface area contributed by atoms with E-state index in [0.717, 1.165) is 10.5 Å². The average molecular weight is 485 g/mol. The van der Waals surface area contributed by atoms with Crippen LogP contribution in [0.25, 0.3) is 0 Å². The first kappa shape index (κ1) is 22.3. The van der Waals surface area contributed by atoms with E-state index in [4.69, 9.17) is 16.3 Å². The van der Waals surface area contributed by atoms with Crippen LogP contribution in [0.5, 0.6) is 0 Å². The number of carbonyl (C=O) groups excluding carboxylic acids is 3. The fourth-order valence-corrected chi connectivity index (χ4v) is 2.59. The monoisotopic (exact) mass is 483 g/mol. The van der Waals surface area contributed by atoms with E-state index < -0.39 is 35.4 Å². The van der Waals surface area contributed by atoms with E-state index in [1.807, 2.05) is 0 Å². The zero-order valence-corrected chi connectivity index (χ0v) is 17.3. The van der Waals surface area contributed by atoms with Crippen molar-refractivity contribution in [1.29, 1.82) is 0 Å². The summed E-state index contributed by atoms with van der Waals surface area (Å²) in [4.78, 5) is 46.0. The van der Waals surface area contributed by atoms with E-state index in [1.165, 1.54) is 19.1 Å². The molecule has 2 aromatic carbocycles. The molecule has 2 amide bonds. The second-order valence-electron chi connectivity index (χ2n) is 5.73. The number of halogens is 2. The topological polar surface area (TPSA) is 128 Å². The number of rotatable bonds is 7. The number of amides is 2. The molecule has 0 aliphatic rings. The molecule has 0 aliphatic carbocycles. The summed E-state index contributed by atoms with van der Waals surface area (Å²) in [6.07, 6.45) is -1.18. The van der Waals surface area contributed by atoms with Gasteiger partial charge in [-0.05, 0) is 37.3 Å². The third kappa shape index (κ3) is 6.54. The van der Waals surface area contributed by atoms with Gasteiger partial charge in [-0.2, -0.15) is 0 Å². The number of esters is 1. The Morgan fingerprint density at radius 2 is 1.86 bits per heavy atom. The summed E-state index contributed by atoms with van der Waals surface area (Å²) in [6.45, 7) is 0.911. The first-order valence-electron chi connectivity index (χ1n) is 8.15. The van der Waals surface area contributed by atoms with E-state index in [2.05, 4.69) is 26.6 Å². The van der Waals surface area contributed by atoms with Crippen molar-refractivity contribution in [2.24, 2.45) is 0 Å². The number of nitro groups is 1. The number of anilines is 1. The molecular formula is C18H15BrClN3O6. The van der Waals surface area contributed by atoms with Crippen LogP contribution in [0.3, 0.4) is 0 Å². The number of nitro benzene ring substituents is 1. The van der Waals surface area contributed by atoms with Crippen LogP contribution in [-0.4, -0.2) is 35.4 Å². The Kier molecular flexibility index (Phi) is 7.68. The number of ether oxygens (including phenoxy) is 1. The van der Waals surface area contributed by atoms with Crippen molar-refractivity contribution >= 4 is 56.7 Å². The van der Waals surface area contributed by atoms with Crippen molar-refractivity contribution in [2.45, 2.75) is 13.0 Å².